The number of phenols is 1. The molecule has 0 aliphatic rings. The lowest BCUT2D eigenvalue weighted by Gasteiger charge is -2.10. The van der Waals surface area contributed by atoms with Gasteiger partial charge in [0.15, 0.2) is 0 Å². The Bertz CT molecular complexity index is 973. The van der Waals surface area contributed by atoms with E-state index in [2.05, 4.69) is 5.18 Å². The van der Waals surface area contributed by atoms with Gasteiger partial charge in [0.05, 0.1) is 0 Å². The van der Waals surface area contributed by atoms with Crippen LogP contribution in [0.1, 0.15) is 22.3 Å². The van der Waals surface area contributed by atoms with Crippen molar-refractivity contribution >= 4 is 16.7 Å². The van der Waals surface area contributed by atoms with Crippen LogP contribution in [-0.4, -0.2) is 5.11 Å². The van der Waals surface area contributed by atoms with Crippen molar-refractivity contribution in [1.82, 2.24) is 0 Å². The molecule has 0 radical (unpaired) electrons. The van der Waals surface area contributed by atoms with Gasteiger partial charge < -0.3 is 9.52 Å². The zero-order valence-electron chi connectivity index (χ0n) is 12.8. The maximum Gasteiger partial charge on any atom is 0.340 e. The summed E-state index contributed by atoms with van der Waals surface area (Å²) in [5, 5.41) is 13.3. The summed E-state index contributed by atoms with van der Waals surface area (Å²) >= 11 is 0. The molecule has 1 heterocycles. The van der Waals surface area contributed by atoms with E-state index in [1.54, 1.807) is 24.3 Å². The maximum absolute atomic E-state index is 12.3. The van der Waals surface area contributed by atoms with Crippen molar-refractivity contribution in [2.75, 3.05) is 0 Å². The van der Waals surface area contributed by atoms with Crippen LogP contribution < -0.4 is 5.63 Å². The first kappa shape index (κ1) is 15.0. The van der Waals surface area contributed by atoms with Gasteiger partial charge in [-0.1, -0.05) is 12.1 Å². The number of hydrogen-bond donors (Lipinski definition) is 1. The molecule has 0 saturated carbocycles. The summed E-state index contributed by atoms with van der Waals surface area (Å²) in [7, 11) is 0. The van der Waals surface area contributed by atoms with Gasteiger partial charge in [-0.15, -0.1) is 4.91 Å². The third-order valence-corrected chi connectivity index (χ3v) is 4.15. The number of nitroso groups, excluding NO2 is 1. The topological polar surface area (TPSA) is 79.9 Å². The number of benzene rings is 2. The number of hydrogen-bond acceptors (Lipinski definition) is 5. The molecule has 3 rings (SSSR count). The summed E-state index contributed by atoms with van der Waals surface area (Å²) in [4.78, 5) is 23.1. The van der Waals surface area contributed by atoms with E-state index in [0.29, 0.717) is 23.3 Å². The van der Waals surface area contributed by atoms with Crippen LogP contribution in [0.4, 0.5) is 5.69 Å². The molecule has 0 amide bonds. The van der Waals surface area contributed by atoms with Gasteiger partial charge in [-0.3, -0.25) is 0 Å². The van der Waals surface area contributed by atoms with E-state index in [1.807, 2.05) is 19.9 Å². The zero-order chi connectivity index (χ0) is 16.6. The van der Waals surface area contributed by atoms with E-state index in [1.165, 1.54) is 6.07 Å². The summed E-state index contributed by atoms with van der Waals surface area (Å²) in [6.45, 7) is 3.66. The summed E-state index contributed by atoms with van der Waals surface area (Å²) in [6.07, 6.45) is 0.361. The Morgan fingerprint density at radius 1 is 1.13 bits per heavy atom. The SMILES string of the molecule is Cc1c(Cc2c(C)c3ccc(O)cc3oc2=O)cccc1N=O. The predicted octanol–water partition coefficient (Wildman–Crippen LogP) is 4.10. The second kappa shape index (κ2) is 5.68. The minimum absolute atomic E-state index is 0.0494. The molecule has 23 heavy (non-hydrogen) atoms. The molecule has 0 saturated heterocycles. The minimum atomic E-state index is -0.440. The fraction of sp³-hybridized carbons (Fsp3) is 0.167. The van der Waals surface area contributed by atoms with Gasteiger partial charge in [0.25, 0.3) is 0 Å². The number of nitrogens with zero attached hydrogens (tertiary/aromatic N) is 1. The Morgan fingerprint density at radius 3 is 2.65 bits per heavy atom. The predicted molar refractivity (Wildman–Crippen MR) is 88.3 cm³/mol. The molecular weight excluding hydrogens is 294 g/mol. The lowest BCUT2D eigenvalue weighted by molar-refractivity contribution is 0.472. The first-order chi connectivity index (χ1) is 11.0. The van der Waals surface area contributed by atoms with E-state index >= 15 is 0 Å². The monoisotopic (exact) mass is 309 g/mol. The highest BCUT2D eigenvalue weighted by Gasteiger charge is 2.14. The summed E-state index contributed by atoms with van der Waals surface area (Å²) < 4.78 is 5.32. The van der Waals surface area contributed by atoms with Crippen LogP contribution >= 0.6 is 0 Å². The van der Waals surface area contributed by atoms with Gasteiger partial charge in [-0.05, 0) is 53.9 Å². The third-order valence-electron chi connectivity index (χ3n) is 4.15. The van der Waals surface area contributed by atoms with E-state index in [4.69, 9.17) is 4.42 Å². The molecule has 0 fully saturated rings. The molecule has 0 spiro atoms. The van der Waals surface area contributed by atoms with Crippen LogP contribution in [0.3, 0.4) is 0 Å². The van der Waals surface area contributed by atoms with Gasteiger partial charge in [0, 0.05) is 23.4 Å². The largest absolute Gasteiger partial charge is 0.508 e. The number of rotatable bonds is 3. The van der Waals surface area contributed by atoms with Crippen molar-refractivity contribution in [3.8, 4) is 5.75 Å². The quantitative estimate of drug-likeness (QED) is 0.583. The smallest absolute Gasteiger partial charge is 0.340 e. The Morgan fingerprint density at radius 2 is 1.91 bits per heavy atom. The highest BCUT2D eigenvalue weighted by Crippen LogP contribution is 2.27. The molecular formula is C18H15NO4. The van der Waals surface area contributed by atoms with E-state index in [9.17, 15) is 14.8 Å². The average molecular weight is 309 g/mol. The Balaban J connectivity index is 2.16. The molecule has 5 nitrogen and oxygen atoms in total. The molecule has 0 bridgehead atoms. The number of fused-ring (bicyclic) bond motifs is 1. The van der Waals surface area contributed by atoms with Crippen LogP contribution in [0.15, 0.2) is 50.8 Å². The Kier molecular flexibility index (Phi) is 3.70. The molecule has 0 aliphatic carbocycles. The van der Waals surface area contributed by atoms with Crippen molar-refractivity contribution in [2.45, 2.75) is 20.3 Å². The van der Waals surface area contributed by atoms with Gasteiger partial charge in [-0.2, -0.15) is 0 Å². The van der Waals surface area contributed by atoms with Crippen molar-refractivity contribution < 1.29 is 9.52 Å². The normalized spacial score (nSPS) is 10.9. The molecule has 0 aliphatic heterocycles. The standard InChI is InChI=1S/C18H15NO4/c1-10-12(4-3-5-16(10)19-22)8-15-11(2)14-7-6-13(20)9-17(14)23-18(15)21/h3-7,9,20H,8H2,1-2H3. The first-order valence-electron chi connectivity index (χ1n) is 7.18. The fourth-order valence-corrected chi connectivity index (χ4v) is 2.74. The van der Waals surface area contributed by atoms with Crippen molar-refractivity contribution in [3.63, 3.8) is 0 Å². The first-order valence-corrected chi connectivity index (χ1v) is 7.18. The molecule has 116 valence electrons. The summed E-state index contributed by atoms with van der Waals surface area (Å²) in [5.74, 6) is 0.0494. The van der Waals surface area contributed by atoms with Crippen LogP contribution in [-0.2, 0) is 6.42 Å². The highest BCUT2D eigenvalue weighted by atomic mass is 16.4. The van der Waals surface area contributed by atoms with E-state index in [0.717, 1.165) is 22.1 Å². The van der Waals surface area contributed by atoms with Crippen LogP contribution in [0.5, 0.6) is 5.75 Å². The Labute approximate surface area is 132 Å². The van der Waals surface area contributed by atoms with Gasteiger partial charge in [0.2, 0.25) is 0 Å². The third kappa shape index (κ3) is 2.61. The van der Waals surface area contributed by atoms with Crippen molar-refractivity contribution in [3.05, 3.63) is 74.0 Å². The number of phenolic OH excluding ortho intramolecular Hbond substituents is 1. The van der Waals surface area contributed by atoms with Crippen molar-refractivity contribution in [1.29, 1.82) is 0 Å². The second-order valence-electron chi connectivity index (χ2n) is 5.50. The van der Waals surface area contributed by atoms with E-state index < -0.39 is 5.63 Å². The second-order valence-corrected chi connectivity index (χ2v) is 5.50. The average Bonchev–Trinajstić information content (AvgIpc) is 2.52. The molecule has 1 aromatic heterocycles. The molecule has 5 heteroatoms. The summed E-state index contributed by atoms with van der Waals surface area (Å²) in [5.41, 5.74) is 3.24. The number of aromatic hydroxyl groups is 1. The molecule has 0 unspecified atom stereocenters. The molecule has 1 N–H and O–H groups in total. The van der Waals surface area contributed by atoms with Gasteiger partial charge in [0.1, 0.15) is 17.0 Å². The van der Waals surface area contributed by atoms with Crippen LogP contribution in [0, 0.1) is 18.8 Å². The van der Waals surface area contributed by atoms with Crippen LogP contribution in [0.2, 0.25) is 0 Å². The van der Waals surface area contributed by atoms with Gasteiger partial charge >= 0.3 is 5.63 Å². The molecule has 2 aromatic carbocycles. The van der Waals surface area contributed by atoms with Gasteiger partial charge in [-0.25, -0.2) is 4.79 Å². The van der Waals surface area contributed by atoms with Crippen LogP contribution in [0.25, 0.3) is 11.0 Å². The Hall–Kier alpha value is -2.95. The summed E-state index contributed by atoms with van der Waals surface area (Å²) in [6, 6.07) is 9.96. The lowest BCUT2D eigenvalue weighted by Crippen LogP contribution is -2.11. The number of aryl methyl sites for hydroxylation is 1. The minimum Gasteiger partial charge on any atom is -0.508 e. The fourth-order valence-electron chi connectivity index (χ4n) is 2.74. The molecule has 0 atom stereocenters. The molecule has 3 aromatic rings. The van der Waals surface area contributed by atoms with Crippen molar-refractivity contribution in [2.24, 2.45) is 5.18 Å². The zero-order valence-corrected chi connectivity index (χ0v) is 12.8. The lowest BCUT2D eigenvalue weighted by atomic mass is 9.96. The maximum atomic E-state index is 12.3. The highest BCUT2D eigenvalue weighted by molar-refractivity contribution is 5.82. The van der Waals surface area contributed by atoms with E-state index in [-0.39, 0.29) is 5.75 Å².